The first-order valence-corrected chi connectivity index (χ1v) is 10.4. The van der Waals surface area contributed by atoms with Gasteiger partial charge in [-0.25, -0.2) is 0 Å². The second kappa shape index (κ2) is 8.13. The number of hydrogen-bond donors (Lipinski definition) is 0. The van der Waals surface area contributed by atoms with E-state index in [1.165, 1.54) is 11.3 Å². The molecule has 4 rings (SSSR count). The van der Waals surface area contributed by atoms with Gasteiger partial charge in [0.15, 0.2) is 17.3 Å². The summed E-state index contributed by atoms with van der Waals surface area (Å²) in [6, 6.07) is 9.70. The van der Waals surface area contributed by atoms with Crippen LogP contribution in [0.4, 0.5) is 0 Å². The molecule has 142 valence electrons. The highest BCUT2D eigenvalue weighted by Crippen LogP contribution is 2.38. The van der Waals surface area contributed by atoms with E-state index >= 15 is 0 Å². The lowest BCUT2D eigenvalue weighted by molar-refractivity contribution is -0.132. The number of benzene rings is 1. The van der Waals surface area contributed by atoms with Gasteiger partial charge < -0.3 is 14.4 Å². The molecule has 5 nitrogen and oxygen atoms in total. The second-order valence-electron chi connectivity index (χ2n) is 6.90. The summed E-state index contributed by atoms with van der Waals surface area (Å²) < 4.78 is 11.5. The third-order valence-electron chi connectivity index (χ3n) is 5.09. The number of likely N-dealkylation sites (tertiary alicyclic amines) is 1. The molecule has 1 fully saturated rings. The average molecular weight is 385 g/mol. The lowest BCUT2D eigenvalue weighted by Gasteiger charge is -2.25. The Kier molecular flexibility index (Phi) is 5.43. The Morgan fingerprint density at radius 2 is 1.93 bits per heavy atom. The Hall–Kier alpha value is -2.34. The van der Waals surface area contributed by atoms with Crippen LogP contribution in [0.5, 0.6) is 11.5 Å². The van der Waals surface area contributed by atoms with Crippen LogP contribution in [0, 0.1) is 0 Å². The van der Waals surface area contributed by atoms with Crippen molar-refractivity contribution in [3.63, 3.8) is 0 Å². The minimum Gasteiger partial charge on any atom is -0.490 e. The van der Waals surface area contributed by atoms with Crippen molar-refractivity contribution in [2.45, 2.75) is 38.1 Å². The fourth-order valence-corrected chi connectivity index (χ4v) is 4.42. The average Bonchev–Trinajstić information content (AvgIpc) is 3.34. The molecule has 0 saturated carbocycles. The summed E-state index contributed by atoms with van der Waals surface area (Å²) >= 11 is 1.43. The molecule has 0 aliphatic carbocycles. The molecule has 0 bridgehead atoms. The van der Waals surface area contributed by atoms with Crippen LogP contribution in [0.2, 0.25) is 0 Å². The summed E-state index contributed by atoms with van der Waals surface area (Å²) in [6.07, 6.45) is 3.31. The molecule has 0 N–H and O–H groups in total. The van der Waals surface area contributed by atoms with Gasteiger partial charge in [-0.05, 0) is 42.0 Å². The van der Waals surface area contributed by atoms with Gasteiger partial charge in [-0.1, -0.05) is 12.1 Å². The van der Waals surface area contributed by atoms with Crippen LogP contribution in [-0.4, -0.2) is 36.3 Å². The van der Waals surface area contributed by atoms with Gasteiger partial charge in [0.2, 0.25) is 5.91 Å². The van der Waals surface area contributed by atoms with E-state index in [4.69, 9.17) is 9.47 Å². The van der Waals surface area contributed by atoms with E-state index in [9.17, 15) is 9.59 Å². The molecule has 0 spiro atoms. The Balaban J connectivity index is 1.43. The van der Waals surface area contributed by atoms with Crippen molar-refractivity contribution in [2.75, 3.05) is 19.8 Å². The molecule has 3 heterocycles. The predicted molar refractivity (Wildman–Crippen MR) is 104 cm³/mol. The number of Topliss-reactive ketones (excluding diaryl/α,β-unsaturated/α-hetero) is 1. The second-order valence-corrected chi connectivity index (χ2v) is 7.85. The van der Waals surface area contributed by atoms with Crippen LogP contribution in [0.1, 0.15) is 53.4 Å². The number of carbonyl (C=O) groups is 2. The normalized spacial score (nSPS) is 19.0. The molecule has 2 aliphatic heterocycles. The first kappa shape index (κ1) is 18.0. The molecule has 0 unspecified atom stereocenters. The Bertz CT molecular complexity index is 818. The fraction of sp³-hybridized carbons (Fsp3) is 0.429. The largest absolute Gasteiger partial charge is 0.490 e. The van der Waals surface area contributed by atoms with Gasteiger partial charge in [0.05, 0.1) is 24.1 Å². The highest BCUT2D eigenvalue weighted by Gasteiger charge is 2.30. The molecule has 27 heavy (non-hydrogen) atoms. The molecule has 1 aromatic heterocycles. The van der Waals surface area contributed by atoms with Crippen molar-refractivity contribution in [3.8, 4) is 11.5 Å². The number of thiophene rings is 1. The maximum atomic E-state index is 12.8. The number of fused-ring (bicyclic) bond motifs is 1. The number of rotatable bonds is 5. The van der Waals surface area contributed by atoms with Crippen LogP contribution >= 0.6 is 11.3 Å². The maximum absolute atomic E-state index is 12.8. The lowest BCUT2D eigenvalue weighted by atomic mass is 10.0. The molecule has 1 amide bonds. The van der Waals surface area contributed by atoms with Crippen molar-refractivity contribution in [2.24, 2.45) is 0 Å². The number of ether oxygens (including phenoxy) is 2. The third-order valence-corrected chi connectivity index (χ3v) is 6.00. The van der Waals surface area contributed by atoms with Gasteiger partial charge in [-0.2, -0.15) is 0 Å². The molecule has 1 aromatic carbocycles. The Morgan fingerprint density at radius 1 is 1.07 bits per heavy atom. The molecule has 1 atom stereocenters. The summed E-state index contributed by atoms with van der Waals surface area (Å²) in [6.45, 7) is 2.05. The summed E-state index contributed by atoms with van der Waals surface area (Å²) in [5, 5.41) is 1.88. The van der Waals surface area contributed by atoms with Crippen molar-refractivity contribution >= 4 is 23.0 Å². The van der Waals surface area contributed by atoms with Crippen LogP contribution < -0.4 is 9.47 Å². The van der Waals surface area contributed by atoms with E-state index < -0.39 is 0 Å². The predicted octanol–water partition coefficient (Wildman–Crippen LogP) is 4.24. The van der Waals surface area contributed by atoms with Crippen molar-refractivity contribution in [1.82, 2.24) is 4.90 Å². The monoisotopic (exact) mass is 385 g/mol. The molecular formula is C21H23NO4S. The SMILES string of the molecule is O=C(CCC(=O)N1CCC[C@H]1c1ccc2c(c1)OCCCO2)c1cccs1. The van der Waals surface area contributed by atoms with Crippen LogP contribution in [0.15, 0.2) is 35.7 Å². The molecule has 1 saturated heterocycles. The van der Waals surface area contributed by atoms with Gasteiger partial charge in [-0.3, -0.25) is 9.59 Å². The molecular weight excluding hydrogens is 362 g/mol. The van der Waals surface area contributed by atoms with Crippen molar-refractivity contribution in [1.29, 1.82) is 0 Å². The van der Waals surface area contributed by atoms with Crippen LogP contribution in [0.25, 0.3) is 0 Å². The summed E-state index contributed by atoms with van der Waals surface area (Å²) in [5.74, 6) is 1.63. The summed E-state index contributed by atoms with van der Waals surface area (Å²) in [7, 11) is 0. The minimum atomic E-state index is 0.0460. The van der Waals surface area contributed by atoms with E-state index in [0.717, 1.165) is 47.7 Å². The van der Waals surface area contributed by atoms with Crippen LogP contribution in [-0.2, 0) is 4.79 Å². The van der Waals surface area contributed by atoms with E-state index in [-0.39, 0.29) is 30.6 Å². The number of carbonyl (C=O) groups excluding carboxylic acids is 2. The summed E-state index contributed by atoms with van der Waals surface area (Å²) in [4.78, 5) is 27.6. The van der Waals surface area contributed by atoms with Gasteiger partial charge in [-0.15, -0.1) is 11.3 Å². The standard InChI is InChI=1S/C21H23NO4S/c23-17(20-5-2-13-27-20)7-9-21(24)22-10-1-4-16(22)15-6-8-18-19(14-15)26-12-3-11-25-18/h2,5-6,8,13-14,16H,1,3-4,7,9-12H2/t16-/m0/s1. The highest BCUT2D eigenvalue weighted by molar-refractivity contribution is 7.12. The Labute approximate surface area is 162 Å². The zero-order valence-corrected chi connectivity index (χ0v) is 16.0. The van der Waals surface area contributed by atoms with Gasteiger partial charge in [0.25, 0.3) is 0 Å². The molecule has 0 radical (unpaired) electrons. The topological polar surface area (TPSA) is 55.8 Å². The van der Waals surface area contributed by atoms with Gasteiger partial charge in [0.1, 0.15) is 0 Å². The van der Waals surface area contributed by atoms with E-state index in [0.29, 0.717) is 13.2 Å². The summed E-state index contributed by atoms with van der Waals surface area (Å²) in [5.41, 5.74) is 1.08. The van der Waals surface area contributed by atoms with Crippen molar-refractivity contribution < 1.29 is 19.1 Å². The smallest absolute Gasteiger partial charge is 0.223 e. The van der Waals surface area contributed by atoms with Gasteiger partial charge in [0, 0.05) is 25.8 Å². The van der Waals surface area contributed by atoms with Crippen LogP contribution in [0.3, 0.4) is 0 Å². The first-order valence-electron chi connectivity index (χ1n) is 9.48. The molecule has 2 aliphatic rings. The lowest BCUT2D eigenvalue weighted by Crippen LogP contribution is -2.30. The highest BCUT2D eigenvalue weighted by atomic mass is 32.1. The van der Waals surface area contributed by atoms with E-state index in [1.807, 2.05) is 40.6 Å². The number of nitrogens with zero attached hydrogens (tertiary/aromatic N) is 1. The quantitative estimate of drug-likeness (QED) is 0.723. The van der Waals surface area contributed by atoms with Crippen molar-refractivity contribution in [3.05, 3.63) is 46.2 Å². The number of amides is 1. The first-order chi connectivity index (χ1) is 13.2. The minimum absolute atomic E-state index is 0.0460. The maximum Gasteiger partial charge on any atom is 0.223 e. The Morgan fingerprint density at radius 3 is 2.74 bits per heavy atom. The molecule has 2 aromatic rings. The van der Waals surface area contributed by atoms with E-state index in [1.54, 1.807) is 0 Å². The zero-order chi connectivity index (χ0) is 18.6. The number of ketones is 1. The third kappa shape index (κ3) is 4.00. The number of hydrogen-bond acceptors (Lipinski definition) is 5. The zero-order valence-electron chi connectivity index (χ0n) is 15.2. The fourth-order valence-electron chi connectivity index (χ4n) is 3.72. The van der Waals surface area contributed by atoms with Gasteiger partial charge >= 0.3 is 0 Å². The molecule has 6 heteroatoms. The van der Waals surface area contributed by atoms with E-state index in [2.05, 4.69) is 0 Å².